The number of carbonyl (C=O) groups is 1. The summed E-state index contributed by atoms with van der Waals surface area (Å²) in [4.78, 5) is 18.2. The van der Waals surface area contributed by atoms with Gasteiger partial charge in [0.25, 0.3) is 0 Å². The number of pyridine rings is 1. The van der Waals surface area contributed by atoms with Gasteiger partial charge in [0, 0.05) is 42.8 Å². The van der Waals surface area contributed by atoms with Crippen LogP contribution in [-0.2, 0) is 14.3 Å². The third-order valence-corrected chi connectivity index (χ3v) is 9.51. The van der Waals surface area contributed by atoms with Crippen LogP contribution < -0.4 is 9.64 Å². The van der Waals surface area contributed by atoms with Crippen LogP contribution in [0.25, 0.3) is 22.2 Å². The highest BCUT2D eigenvalue weighted by Gasteiger charge is 2.40. The highest BCUT2D eigenvalue weighted by molar-refractivity contribution is 5.94. The minimum absolute atomic E-state index is 0.0368. The molecule has 1 unspecified atom stereocenters. The number of carbonyl (C=O) groups excluding carboxylic acids is 1. The van der Waals surface area contributed by atoms with Crippen molar-refractivity contribution in [3.8, 4) is 17.0 Å². The van der Waals surface area contributed by atoms with Gasteiger partial charge in [0.15, 0.2) is 6.23 Å². The molecule has 1 atom stereocenters. The van der Waals surface area contributed by atoms with E-state index in [0.29, 0.717) is 6.10 Å². The average molecular weight is 559 g/mol. The van der Waals surface area contributed by atoms with E-state index < -0.39 is 0 Å². The summed E-state index contributed by atoms with van der Waals surface area (Å²) in [5.41, 5.74) is 3.06. The van der Waals surface area contributed by atoms with Gasteiger partial charge >= 0.3 is 0 Å². The highest BCUT2D eigenvalue weighted by Crippen LogP contribution is 2.42. The predicted molar refractivity (Wildman–Crippen MR) is 158 cm³/mol. The van der Waals surface area contributed by atoms with Crippen LogP contribution in [0.3, 0.4) is 0 Å². The van der Waals surface area contributed by atoms with Crippen molar-refractivity contribution in [2.24, 2.45) is 5.92 Å². The summed E-state index contributed by atoms with van der Waals surface area (Å²) >= 11 is 0. The van der Waals surface area contributed by atoms with E-state index in [1.165, 1.54) is 0 Å². The summed E-state index contributed by atoms with van der Waals surface area (Å²) in [6.45, 7) is 4.80. The van der Waals surface area contributed by atoms with Crippen LogP contribution in [0.4, 0.5) is 5.82 Å². The van der Waals surface area contributed by atoms with Crippen LogP contribution >= 0.6 is 0 Å². The zero-order chi connectivity index (χ0) is 27.8. The Morgan fingerprint density at radius 3 is 2.51 bits per heavy atom. The highest BCUT2D eigenvalue weighted by atomic mass is 16.5. The molecule has 4 aliphatic rings. The summed E-state index contributed by atoms with van der Waals surface area (Å²) in [5.74, 6) is 2.12. The molecule has 4 fully saturated rings. The number of ether oxygens (including phenoxy) is 3. The van der Waals surface area contributed by atoms with Gasteiger partial charge in [0.1, 0.15) is 29.1 Å². The first-order chi connectivity index (χ1) is 20.1. The molecule has 1 aromatic carbocycles. The molecule has 7 rings (SSSR count). The molecule has 0 bridgehead atoms. The van der Waals surface area contributed by atoms with Gasteiger partial charge in [-0.1, -0.05) is 0 Å². The molecule has 4 heterocycles. The lowest BCUT2D eigenvalue weighted by molar-refractivity contribution is -0.113. The van der Waals surface area contributed by atoms with Gasteiger partial charge < -0.3 is 23.9 Å². The molecule has 2 saturated heterocycles. The third-order valence-electron chi connectivity index (χ3n) is 9.51. The second-order valence-corrected chi connectivity index (χ2v) is 12.7. The first-order valence-electron chi connectivity index (χ1n) is 15.7. The maximum atomic E-state index is 11.1. The summed E-state index contributed by atoms with van der Waals surface area (Å²) in [5, 5.41) is 6.25. The zero-order valence-electron chi connectivity index (χ0n) is 24.2. The topological polar surface area (TPSA) is 78.7 Å². The van der Waals surface area contributed by atoms with E-state index in [-0.39, 0.29) is 23.9 Å². The quantitative estimate of drug-likeness (QED) is 0.293. The van der Waals surface area contributed by atoms with Gasteiger partial charge in [-0.05, 0) is 108 Å². The van der Waals surface area contributed by atoms with E-state index in [4.69, 9.17) is 24.3 Å². The fraction of sp³-hybridized carbons (Fsp3) is 0.606. The largest absolute Gasteiger partial charge is 0.488 e. The monoisotopic (exact) mass is 558 g/mol. The smallest absolute Gasteiger partial charge is 0.150 e. The van der Waals surface area contributed by atoms with Crippen LogP contribution in [0.2, 0.25) is 0 Å². The van der Waals surface area contributed by atoms with Crippen molar-refractivity contribution in [1.82, 2.24) is 14.8 Å². The number of hydrogen-bond acceptors (Lipinski definition) is 7. The number of aromatic nitrogens is 3. The van der Waals surface area contributed by atoms with Gasteiger partial charge in [0.05, 0.1) is 17.7 Å². The molecule has 2 aliphatic heterocycles. The second kappa shape index (κ2) is 11.4. The molecule has 0 radical (unpaired) electrons. The first-order valence-corrected chi connectivity index (χ1v) is 15.7. The molecule has 8 heteroatoms. The van der Waals surface area contributed by atoms with Crippen molar-refractivity contribution in [2.75, 3.05) is 24.6 Å². The fourth-order valence-corrected chi connectivity index (χ4v) is 6.69. The van der Waals surface area contributed by atoms with Crippen molar-refractivity contribution in [3.63, 3.8) is 0 Å². The van der Waals surface area contributed by atoms with Gasteiger partial charge in [-0.3, -0.25) is 0 Å². The second-order valence-electron chi connectivity index (χ2n) is 12.7. The Kier molecular flexibility index (Phi) is 7.46. The van der Waals surface area contributed by atoms with Gasteiger partial charge in [-0.15, -0.1) is 0 Å². The number of fused-ring (bicyclic) bond motifs is 1. The number of nitrogens with zero attached hydrogens (tertiary/aromatic N) is 4. The Hall–Kier alpha value is -2.97. The van der Waals surface area contributed by atoms with Crippen LogP contribution in [0.5, 0.6) is 5.75 Å². The van der Waals surface area contributed by atoms with Crippen LogP contribution in [0.1, 0.15) is 83.8 Å². The Morgan fingerprint density at radius 2 is 1.78 bits per heavy atom. The third kappa shape index (κ3) is 5.86. The molecule has 2 aliphatic carbocycles. The zero-order valence-corrected chi connectivity index (χ0v) is 24.2. The molecule has 2 saturated carbocycles. The van der Waals surface area contributed by atoms with Gasteiger partial charge in [-0.25, -0.2) is 9.67 Å². The minimum atomic E-state index is -0.0402. The Bertz CT molecular complexity index is 1360. The first kappa shape index (κ1) is 26.9. The van der Waals surface area contributed by atoms with Crippen molar-refractivity contribution in [1.29, 1.82) is 0 Å². The molecule has 3 aromatic rings. The van der Waals surface area contributed by atoms with E-state index in [9.17, 15) is 4.79 Å². The van der Waals surface area contributed by atoms with Crippen LogP contribution in [0.15, 0.2) is 36.5 Å². The number of aldehydes is 1. The van der Waals surface area contributed by atoms with Crippen LogP contribution in [-0.4, -0.2) is 58.6 Å². The van der Waals surface area contributed by atoms with Crippen LogP contribution in [0, 0.1) is 5.92 Å². The molecule has 8 nitrogen and oxygen atoms in total. The normalized spacial score (nSPS) is 26.7. The molecular formula is C33H42N4O4. The molecule has 0 amide bonds. The standard InChI is InChI=1S/C33H42N4O4/c1-33(14-15-33)41-27-9-10-29-28(21-27)32(35-37(29)31-4-2-3-19-39-31)24-11-16-34-30(20-24)36-17-12-26(13-18-36)40-25-7-5-23(22-38)6-8-25/h9-11,16,20-23,25-26,31H,2-8,12-15,17-19H2,1H3/t23-,25-,31?. The van der Waals surface area contributed by atoms with E-state index >= 15 is 0 Å². The summed E-state index contributed by atoms with van der Waals surface area (Å²) < 4.78 is 21.0. The summed E-state index contributed by atoms with van der Waals surface area (Å²) in [6.07, 6.45) is 14.9. The predicted octanol–water partition coefficient (Wildman–Crippen LogP) is 6.47. The van der Waals surface area contributed by atoms with E-state index in [1.807, 2.05) is 6.20 Å². The van der Waals surface area contributed by atoms with E-state index in [0.717, 1.165) is 130 Å². The average Bonchev–Trinajstić information content (AvgIpc) is 3.62. The molecule has 41 heavy (non-hydrogen) atoms. The van der Waals surface area contributed by atoms with E-state index in [1.54, 1.807) is 0 Å². The lowest BCUT2D eigenvalue weighted by Gasteiger charge is -2.36. The molecule has 0 N–H and O–H groups in total. The molecule has 218 valence electrons. The van der Waals surface area contributed by atoms with Crippen molar-refractivity contribution >= 4 is 23.0 Å². The molecular weight excluding hydrogens is 516 g/mol. The SMILES string of the molecule is CC1(Oc2ccc3c(c2)c(-c2ccnc(N4CCC(O[C@H]5CC[C@H](C=O)CC5)CC4)c2)nn3C2CCCCO2)CC1. The van der Waals surface area contributed by atoms with Gasteiger partial charge in [-0.2, -0.15) is 5.10 Å². The Morgan fingerprint density at radius 1 is 0.976 bits per heavy atom. The number of hydrogen-bond donors (Lipinski definition) is 0. The van der Waals surface area contributed by atoms with Crippen molar-refractivity contribution < 1.29 is 19.0 Å². The maximum absolute atomic E-state index is 11.1. The van der Waals surface area contributed by atoms with Crippen molar-refractivity contribution in [3.05, 3.63) is 36.5 Å². The number of piperidine rings is 1. The number of anilines is 1. The lowest BCUT2D eigenvalue weighted by Crippen LogP contribution is -2.39. The fourth-order valence-electron chi connectivity index (χ4n) is 6.69. The Balaban J connectivity index is 1.10. The maximum Gasteiger partial charge on any atom is 0.150 e. The lowest BCUT2D eigenvalue weighted by atomic mass is 9.88. The molecule has 0 spiro atoms. The minimum Gasteiger partial charge on any atom is -0.488 e. The van der Waals surface area contributed by atoms with Crippen molar-refractivity contribution in [2.45, 2.75) is 102 Å². The number of rotatable bonds is 8. The van der Waals surface area contributed by atoms with Gasteiger partial charge in [0.2, 0.25) is 0 Å². The Labute approximate surface area is 242 Å². The van der Waals surface area contributed by atoms with E-state index in [2.05, 4.69) is 46.8 Å². The number of benzene rings is 1. The summed E-state index contributed by atoms with van der Waals surface area (Å²) in [7, 11) is 0. The molecule has 2 aromatic heterocycles. The summed E-state index contributed by atoms with van der Waals surface area (Å²) in [6, 6.07) is 10.6.